The van der Waals surface area contributed by atoms with Gasteiger partial charge in [0.15, 0.2) is 5.96 Å². The van der Waals surface area contributed by atoms with Gasteiger partial charge in [-0.25, -0.2) is 9.67 Å². The molecule has 112 valence electrons. The van der Waals surface area contributed by atoms with Gasteiger partial charge in [-0.2, -0.15) is 0 Å². The monoisotopic (exact) mass is 390 g/mol. The average Bonchev–Trinajstić information content (AvgIpc) is 2.86. The Hall–Kier alpha value is -1.12. The van der Waals surface area contributed by atoms with Crippen LogP contribution in [0.2, 0.25) is 0 Å². The highest BCUT2D eigenvalue weighted by Gasteiger charge is 2.13. The van der Waals surface area contributed by atoms with E-state index in [-0.39, 0.29) is 24.0 Å². The Morgan fingerprint density at radius 3 is 2.95 bits per heavy atom. The highest BCUT2D eigenvalue weighted by Crippen LogP contribution is 2.16. The molecule has 2 rings (SSSR count). The van der Waals surface area contributed by atoms with Crippen LogP contribution in [0.25, 0.3) is 0 Å². The van der Waals surface area contributed by atoms with E-state index in [1.807, 2.05) is 6.20 Å². The van der Waals surface area contributed by atoms with Crippen LogP contribution in [0.15, 0.2) is 23.8 Å². The minimum absolute atomic E-state index is 0. The van der Waals surface area contributed by atoms with Crippen molar-refractivity contribution in [2.45, 2.75) is 51.2 Å². The second-order valence-corrected chi connectivity index (χ2v) is 4.90. The number of halogens is 1. The van der Waals surface area contributed by atoms with Gasteiger partial charge in [0.25, 0.3) is 0 Å². The Balaban J connectivity index is 0.00000200. The van der Waals surface area contributed by atoms with Crippen LogP contribution < -0.4 is 11.1 Å². The van der Waals surface area contributed by atoms with Crippen molar-refractivity contribution >= 4 is 29.9 Å². The zero-order valence-corrected chi connectivity index (χ0v) is 14.0. The van der Waals surface area contributed by atoms with Crippen molar-refractivity contribution in [3.63, 3.8) is 0 Å². The summed E-state index contributed by atoms with van der Waals surface area (Å²) in [5, 5.41) is 11.3. The summed E-state index contributed by atoms with van der Waals surface area (Å²) in [7, 11) is 0. The minimum Gasteiger partial charge on any atom is -0.370 e. The van der Waals surface area contributed by atoms with Crippen LogP contribution in [0.5, 0.6) is 0 Å². The molecule has 20 heavy (non-hydrogen) atoms. The molecule has 6 nitrogen and oxygen atoms in total. The minimum atomic E-state index is 0. The number of guanidine groups is 1. The molecule has 1 aliphatic carbocycles. The highest BCUT2D eigenvalue weighted by molar-refractivity contribution is 14.0. The molecule has 0 saturated heterocycles. The zero-order valence-electron chi connectivity index (χ0n) is 11.7. The molecule has 0 amide bonds. The van der Waals surface area contributed by atoms with Crippen LogP contribution in [-0.4, -0.2) is 27.0 Å². The van der Waals surface area contributed by atoms with Crippen molar-refractivity contribution < 1.29 is 0 Å². The van der Waals surface area contributed by atoms with Crippen LogP contribution in [0.4, 0.5) is 0 Å². The molecule has 1 saturated carbocycles. The Labute approximate surface area is 136 Å². The molecule has 0 radical (unpaired) electrons. The van der Waals surface area contributed by atoms with Crippen LogP contribution in [0.3, 0.4) is 0 Å². The van der Waals surface area contributed by atoms with E-state index in [0.717, 1.165) is 5.69 Å². The van der Waals surface area contributed by atoms with Gasteiger partial charge in [-0.3, -0.25) is 0 Å². The lowest BCUT2D eigenvalue weighted by molar-refractivity contribution is 0.412. The standard InChI is InChI=1S/C13H22N6.HI/c1-2-8-19-10-12(17-18-19)9-15-13(14)16-11-6-4-3-5-7-11;/h2,10-11H,1,3-9H2,(H3,14,15,16);1H. The van der Waals surface area contributed by atoms with Gasteiger partial charge in [0, 0.05) is 6.04 Å². The molecule has 1 aliphatic rings. The maximum atomic E-state index is 5.89. The van der Waals surface area contributed by atoms with Gasteiger partial charge in [0.2, 0.25) is 0 Å². The number of rotatable bonds is 5. The second kappa shape index (κ2) is 8.93. The third-order valence-electron chi connectivity index (χ3n) is 3.27. The van der Waals surface area contributed by atoms with Crippen molar-refractivity contribution in [2.75, 3.05) is 0 Å². The number of hydrogen-bond donors (Lipinski definition) is 2. The Bertz CT molecular complexity index is 436. The van der Waals surface area contributed by atoms with Gasteiger partial charge in [-0.1, -0.05) is 30.6 Å². The summed E-state index contributed by atoms with van der Waals surface area (Å²) in [6.45, 7) is 4.78. The molecule has 0 atom stereocenters. The molecule has 0 aliphatic heterocycles. The number of nitrogens with two attached hydrogens (primary N) is 1. The van der Waals surface area contributed by atoms with E-state index in [1.54, 1.807) is 10.8 Å². The fraction of sp³-hybridized carbons (Fsp3) is 0.615. The molecule has 1 aromatic heterocycles. The van der Waals surface area contributed by atoms with Crippen LogP contribution in [0.1, 0.15) is 37.8 Å². The number of aliphatic imine (C=N–C) groups is 1. The van der Waals surface area contributed by atoms with E-state index in [1.165, 1.54) is 32.1 Å². The van der Waals surface area contributed by atoms with E-state index in [4.69, 9.17) is 5.73 Å². The predicted octanol–water partition coefficient (Wildman–Crippen LogP) is 1.82. The summed E-state index contributed by atoms with van der Waals surface area (Å²) in [6, 6.07) is 0.481. The maximum Gasteiger partial charge on any atom is 0.189 e. The molecule has 0 bridgehead atoms. The number of nitrogens with zero attached hydrogens (tertiary/aromatic N) is 4. The number of hydrogen-bond acceptors (Lipinski definition) is 3. The summed E-state index contributed by atoms with van der Waals surface area (Å²) < 4.78 is 1.72. The molecule has 7 heteroatoms. The Morgan fingerprint density at radius 2 is 2.25 bits per heavy atom. The predicted molar refractivity (Wildman–Crippen MR) is 91.0 cm³/mol. The Kier molecular flexibility index (Phi) is 7.56. The van der Waals surface area contributed by atoms with Gasteiger partial charge < -0.3 is 11.1 Å². The SMILES string of the molecule is C=CCn1cc(CN=C(N)NC2CCCCC2)nn1.I. The van der Waals surface area contributed by atoms with E-state index in [2.05, 4.69) is 27.2 Å². The topological polar surface area (TPSA) is 81.1 Å². The quantitative estimate of drug-likeness (QED) is 0.348. The van der Waals surface area contributed by atoms with Crippen LogP contribution in [0, 0.1) is 0 Å². The van der Waals surface area contributed by atoms with Crippen molar-refractivity contribution in [3.05, 3.63) is 24.5 Å². The molecule has 0 spiro atoms. The zero-order chi connectivity index (χ0) is 13.5. The van der Waals surface area contributed by atoms with Gasteiger partial charge in [0.05, 0.1) is 19.3 Å². The molecule has 1 heterocycles. The lowest BCUT2D eigenvalue weighted by Gasteiger charge is -2.23. The van der Waals surface area contributed by atoms with Gasteiger partial charge in [-0.15, -0.1) is 35.7 Å². The lowest BCUT2D eigenvalue weighted by atomic mass is 9.96. The molecule has 1 aromatic rings. The first-order valence-corrected chi connectivity index (χ1v) is 6.84. The summed E-state index contributed by atoms with van der Waals surface area (Å²) >= 11 is 0. The van der Waals surface area contributed by atoms with Crippen molar-refractivity contribution in [1.29, 1.82) is 0 Å². The molecular formula is C13H23IN6. The smallest absolute Gasteiger partial charge is 0.189 e. The molecule has 0 aromatic carbocycles. The van der Waals surface area contributed by atoms with Crippen molar-refractivity contribution in [1.82, 2.24) is 20.3 Å². The van der Waals surface area contributed by atoms with Gasteiger partial charge in [-0.05, 0) is 12.8 Å². The van der Waals surface area contributed by atoms with Gasteiger partial charge in [0.1, 0.15) is 5.69 Å². The molecule has 0 unspecified atom stereocenters. The third kappa shape index (κ3) is 5.48. The van der Waals surface area contributed by atoms with E-state index in [0.29, 0.717) is 25.1 Å². The van der Waals surface area contributed by atoms with E-state index in [9.17, 15) is 0 Å². The first-order valence-electron chi connectivity index (χ1n) is 6.84. The first kappa shape index (κ1) is 16.9. The first-order chi connectivity index (χ1) is 9.28. The second-order valence-electron chi connectivity index (χ2n) is 4.90. The normalized spacial score (nSPS) is 16.5. The largest absolute Gasteiger partial charge is 0.370 e. The van der Waals surface area contributed by atoms with Crippen molar-refractivity contribution in [2.24, 2.45) is 10.7 Å². The fourth-order valence-corrected chi connectivity index (χ4v) is 2.30. The average molecular weight is 390 g/mol. The maximum absolute atomic E-state index is 5.89. The summed E-state index contributed by atoms with van der Waals surface area (Å²) in [5.41, 5.74) is 6.70. The number of aromatic nitrogens is 3. The molecular weight excluding hydrogens is 367 g/mol. The fourth-order valence-electron chi connectivity index (χ4n) is 2.30. The highest BCUT2D eigenvalue weighted by atomic mass is 127. The van der Waals surface area contributed by atoms with E-state index >= 15 is 0 Å². The van der Waals surface area contributed by atoms with Gasteiger partial charge >= 0.3 is 0 Å². The summed E-state index contributed by atoms with van der Waals surface area (Å²) in [5.74, 6) is 0.505. The number of allylic oxidation sites excluding steroid dienone is 1. The van der Waals surface area contributed by atoms with Crippen molar-refractivity contribution in [3.8, 4) is 0 Å². The van der Waals surface area contributed by atoms with Crippen LogP contribution in [-0.2, 0) is 13.1 Å². The summed E-state index contributed by atoms with van der Waals surface area (Å²) in [4.78, 5) is 4.30. The molecule has 3 N–H and O–H groups in total. The van der Waals surface area contributed by atoms with Crippen LogP contribution >= 0.6 is 24.0 Å². The Morgan fingerprint density at radius 1 is 1.50 bits per heavy atom. The lowest BCUT2D eigenvalue weighted by Crippen LogP contribution is -2.41. The molecule has 1 fully saturated rings. The third-order valence-corrected chi connectivity index (χ3v) is 3.27. The summed E-state index contributed by atoms with van der Waals surface area (Å²) in [6.07, 6.45) is 9.90. The number of nitrogens with one attached hydrogen (secondary N) is 1. The van der Waals surface area contributed by atoms with E-state index < -0.39 is 0 Å².